The summed E-state index contributed by atoms with van der Waals surface area (Å²) in [6.07, 6.45) is 3.15. The third kappa shape index (κ3) is 4.69. The Morgan fingerprint density at radius 1 is 1.29 bits per heavy atom. The molecule has 0 spiro atoms. The Morgan fingerprint density at radius 3 is 2.57 bits per heavy atom. The van der Waals surface area contributed by atoms with Crippen molar-refractivity contribution in [1.29, 1.82) is 0 Å². The predicted molar refractivity (Wildman–Crippen MR) is 82.6 cm³/mol. The van der Waals surface area contributed by atoms with Gasteiger partial charge in [0, 0.05) is 19.0 Å². The first-order valence-electron chi connectivity index (χ1n) is 7.45. The summed E-state index contributed by atoms with van der Waals surface area (Å²) in [5, 5.41) is 2.89. The van der Waals surface area contributed by atoms with Gasteiger partial charge in [-0.25, -0.2) is 0 Å². The van der Waals surface area contributed by atoms with Crippen molar-refractivity contribution >= 4 is 11.5 Å². The van der Waals surface area contributed by atoms with Crippen LogP contribution in [0.1, 0.15) is 32.3 Å². The van der Waals surface area contributed by atoms with E-state index in [0.717, 1.165) is 17.6 Å². The SMILES string of the molecule is CC/C(=C\C(=O)NCCC1(C)OCCO1)c1ccccc1. The second-order valence-corrected chi connectivity index (χ2v) is 5.26. The molecule has 1 aliphatic heterocycles. The summed E-state index contributed by atoms with van der Waals surface area (Å²) in [4.78, 5) is 12.0. The molecule has 1 aromatic carbocycles. The highest BCUT2D eigenvalue weighted by Gasteiger charge is 2.30. The molecule has 0 aromatic heterocycles. The molecule has 2 rings (SSSR count). The summed E-state index contributed by atoms with van der Waals surface area (Å²) in [5.74, 6) is -0.624. The fourth-order valence-electron chi connectivity index (χ4n) is 2.36. The zero-order chi connectivity index (χ0) is 15.1. The average Bonchev–Trinajstić information content (AvgIpc) is 2.92. The maximum Gasteiger partial charge on any atom is 0.244 e. The second kappa shape index (κ2) is 7.38. The first-order chi connectivity index (χ1) is 10.1. The molecule has 4 heteroatoms. The van der Waals surface area contributed by atoms with Crippen molar-refractivity contribution in [2.45, 2.75) is 32.5 Å². The first-order valence-corrected chi connectivity index (χ1v) is 7.45. The fourth-order valence-corrected chi connectivity index (χ4v) is 2.36. The van der Waals surface area contributed by atoms with Gasteiger partial charge in [-0.1, -0.05) is 37.3 Å². The molecule has 114 valence electrons. The van der Waals surface area contributed by atoms with E-state index in [0.29, 0.717) is 26.2 Å². The molecule has 0 bridgehead atoms. The van der Waals surface area contributed by atoms with Crippen LogP contribution in [0, 0.1) is 0 Å². The number of carbonyl (C=O) groups is 1. The summed E-state index contributed by atoms with van der Waals surface area (Å²) >= 11 is 0. The molecule has 1 saturated heterocycles. The molecule has 1 heterocycles. The number of carbonyl (C=O) groups excluding carboxylic acids is 1. The molecule has 0 radical (unpaired) electrons. The van der Waals surface area contributed by atoms with E-state index in [-0.39, 0.29) is 5.91 Å². The molecule has 21 heavy (non-hydrogen) atoms. The molecule has 1 N–H and O–H groups in total. The average molecular weight is 289 g/mol. The highest BCUT2D eigenvalue weighted by atomic mass is 16.7. The number of hydrogen-bond acceptors (Lipinski definition) is 3. The molecular weight excluding hydrogens is 266 g/mol. The summed E-state index contributed by atoms with van der Waals surface area (Å²) < 4.78 is 11.0. The molecule has 4 nitrogen and oxygen atoms in total. The van der Waals surface area contributed by atoms with Crippen LogP contribution < -0.4 is 5.32 Å². The lowest BCUT2D eigenvalue weighted by molar-refractivity contribution is -0.146. The zero-order valence-corrected chi connectivity index (χ0v) is 12.7. The maximum absolute atomic E-state index is 12.0. The van der Waals surface area contributed by atoms with Gasteiger partial charge in [0.15, 0.2) is 5.79 Å². The molecule has 1 amide bonds. The van der Waals surface area contributed by atoms with E-state index in [1.165, 1.54) is 0 Å². The Bertz CT molecular complexity index is 490. The molecular formula is C17H23NO3. The van der Waals surface area contributed by atoms with E-state index in [1.54, 1.807) is 6.08 Å². The van der Waals surface area contributed by atoms with Crippen LogP contribution in [-0.2, 0) is 14.3 Å². The van der Waals surface area contributed by atoms with Crippen LogP contribution in [0.15, 0.2) is 36.4 Å². The monoisotopic (exact) mass is 289 g/mol. The lowest BCUT2D eigenvalue weighted by Crippen LogP contribution is -2.33. The van der Waals surface area contributed by atoms with Crippen molar-refractivity contribution in [3.63, 3.8) is 0 Å². The largest absolute Gasteiger partial charge is 0.352 e. The topological polar surface area (TPSA) is 47.6 Å². The van der Waals surface area contributed by atoms with Crippen LogP contribution in [0.25, 0.3) is 5.57 Å². The van der Waals surface area contributed by atoms with Gasteiger partial charge in [0.2, 0.25) is 5.91 Å². The van der Waals surface area contributed by atoms with E-state index < -0.39 is 5.79 Å². The Kier molecular flexibility index (Phi) is 5.53. The minimum absolute atomic E-state index is 0.0719. The normalized spacial score (nSPS) is 17.7. The molecule has 0 atom stereocenters. The van der Waals surface area contributed by atoms with Gasteiger partial charge in [-0.15, -0.1) is 0 Å². The van der Waals surface area contributed by atoms with Gasteiger partial charge in [-0.05, 0) is 24.5 Å². The Hall–Kier alpha value is -1.65. The van der Waals surface area contributed by atoms with Crippen molar-refractivity contribution < 1.29 is 14.3 Å². The summed E-state index contributed by atoms with van der Waals surface area (Å²) in [5.41, 5.74) is 2.12. The van der Waals surface area contributed by atoms with E-state index >= 15 is 0 Å². The van der Waals surface area contributed by atoms with Crippen LogP contribution >= 0.6 is 0 Å². The number of rotatable bonds is 6. The third-order valence-corrected chi connectivity index (χ3v) is 3.61. The first kappa shape index (κ1) is 15.7. The predicted octanol–water partition coefficient (Wildman–Crippen LogP) is 2.75. The Balaban J connectivity index is 1.86. The summed E-state index contributed by atoms with van der Waals surface area (Å²) in [6, 6.07) is 9.96. The zero-order valence-electron chi connectivity index (χ0n) is 12.7. The maximum atomic E-state index is 12.0. The van der Waals surface area contributed by atoms with Crippen molar-refractivity contribution in [1.82, 2.24) is 5.32 Å². The number of allylic oxidation sites excluding steroid dienone is 1. The highest BCUT2D eigenvalue weighted by molar-refractivity contribution is 5.95. The molecule has 1 fully saturated rings. The quantitative estimate of drug-likeness (QED) is 0.819. The molecule has 0 unspecified atom stereocenters. The van der Waals surface area contributed by atoms with Gasteiger partial charge >= 0.3 is 0 Å². The Morgan fingerprint density at radius 2 is 1.95 bits per heavy atom. The molecule has 0 aliphatic carbocycles. The van der Waals surface area contributed by atoms with Gasteiger partial charge in [0.1, 0.15) is 0 Å². The van der Waals surface area contributed by atoms with Crippen LogP contribution in [0.4, 0.5) is 0 Å². The van der Waals surface area contributed by atoms with Gasteiger partial charge in [0.25, 0.3) is 0 Å². The van der Waals surface area contributed by atoms with Crippen LogP contribution in [0.5, 0.6) is 0 Å². The standard InChI is InChI=1S/C17H23NO3/c1-3-14(15-7-5-4-6-8-15)13-16(19)18-10-9-17(2)20-11-12-21-17/h4-8,13H,3,9-12H2,1-2H3,(H,18,19)/b14-13+. The van der Waals surface area contributed by atoms with Gasteiger partial charge < -0.3 is 14.8 Å². The highest BCUT2D eigenvalue weighted by Crippen LogP contribution is 2.21. The van der Waals surface area contributed by atoms with Crippen LogP contribution in [0.3, 0.4) is 0 Å². The lowest BCUT2D eigenvalue weighted by atomic mass is 10.0. The van der Waals surface area contributed by atoms with Crippen molar-refractivity contribution in [2.75, 3.05) is 19.8 Å². The smallest absolute Gasteiger partial charge is 0.244 e. The second-order valence-electron chi connectivity index (χ2n) is 5.26. The van der Waals surface area contributed by atoms with E-state index in [1.807, 2.05) is 44.2 Å². The van der Waals surface area contributed by atoms with E-state index in [2.05, 4.69) is 5.32 Å². The number of amides is 1. The number of ether oxygens (including phenoxy) is 2. The number of nitrogens with one attached hydrogen (secondary N) is 1. The van der Waals surface area contributed by atoms with E-state index in [4.69, 9.17) is 9.47 Å². The van der Waals surface area contributed by atoms with Gasteiger partial charge in [0.05, 0.1) is 13.2 Å². The third-order valence-electron chi connectivity index (χ3n) is 3.61. The lowest BCUT2D eigenvalue weighted by Gasteiger charge is -2.21. The minimum atomic E-state index is -0.552. The van der Waals surface area contributed by atoms with Crippen molar-refractivity contribution in [2.24, 2.45) is 0 Å². The van der Waals surface area contributed by atoms with E-state index in [9.17, 15) is 4.79 Å². The van der Waals surface area contributed by atoms with Crippen LogP contribution in [-0.4, -0.2) is 31.5 Å². The van der Waals surface area contributed by atoms with Gasteiger partial charge in [-0.3, -0.25) is 4.79 Å². The summed E-state index contributed by atoms with van der Waals surface area (Å²) in [7, 11) is 0. The molecule has 0 saturated carbocycles. The Labute approximate surface area is 126 Å². The van der Waals surface area contributed by atoms with Crippen LogP contribution in [0.2, 0.25) is 0 Å². The van der Waals surface area contributed by atoms with Gasteiger partial charge in [-0.2, -0.15) is 0 Å². The fraction of sp³-hybridized carbons (Fsp3) is 0.471. The summed E-state index contributed by atoms with van der Waals surface area (Å²) in [6.45, 7) is 5.74. The number of hydrogen-bond donors (Lipinski definition) is 1. The number of benzene rings is 1. The molecule has 1 aromatic rings. The minimum Gasteiger partial charge on any atom is -0.352 e. The van der Waals surface area contributed by atoms with Crippen molar-refractivity contribution in [3.05, 3.63) is 42.0 Å². The van der Waals surface area contributed by atoms with Crippen molar-refractivity contribution in [3.8, 4) is 0 Å². The molecule has 1 aliphatic rings.